The summed E-state index contributed by atoms with van der Waals surface area (Å²) in [5.74, 6) is 0. The Balaban J connectivity index is 1.42. The van der Waals surface area contributed by atoms with Crippen LogP contribution in [0.4, 0.5) is 0 Å². The van der Waals surface area contributed by atoms with E-state index in [4.69, 9.17) is 0 Å². The van der Waals surface area contributed by atoms with Crippen LogP contribution in [0.1, 0.15) is 36.9 Å². The minimum atomic E-state index is -0.118. The van der Waals surface area contributed by atoms with Crippen molar-refractivity contribution in [1.29, 1.82) is 0 Å². The van der Waals surface area contributed by atoms with E-state index in [1.54, 1.807) is 0 Å². The molecule has 2 heterocycles. The number of hydrogen-bond acceptors (Lipinski definition) is 4. The SMILES string of the molecule is Cc1cc(CN2CCN([C@H]3CCCC[C@@H]3O)CC2)c2ccccc2n1. The van der Waals surface area contributed by atoms with Crippen LogP contribution in [0.25, 0.3) is 10.9 Å². The zero-order valence-corrected chi connectivity index (χ0v) is 15.2. The van der Waals surface area contributed by atoms with Gasteiger partial charge in [0.2, 0.25) is 0 Å². The van der Waals surface area contributed by atoms with Crippen molar-refractivity contribution in [2.24, 2.45) is 0 Å². The third-order valence-electron chi connectivity index (χ3n) is 5.89. The van der Waals surface area contributed by atoms with Crippen LogP contribution >= 0.6 is 0 Å². The molecule has 1 aliphatic heterocycles. The highest BCUT2D eigenvalue weighted by atomic mass is 16.3. The summed E-state index contributed by atoms with van der Waals surface area (Å²) in [6.07, 6.45) is 4.48. The van der Waals surface area contributed by atoms with E-state index in [0.717, 1.165) is 56.8 Å². The largest absolute Gasteiger partial charge is 0.391 e. The van der Waals surface area contributed by atoms with Gasteiger partial charge in [-0.1, -0.05) is 31.0 Å². The Hall–Kier alpha value is -1.49. The lowest BCUT2D eigenvalue weighted by molar-refractivity contribution is -0.00467. The van der Waals surface area contributed by atoms with E-state index < -0.39 is 0 Å². The van der Waals surface area contributed by atoms with Crippen molar-refractivity contribution in [2.75, 3.05) is 26.2 Å². The second-order valence-electron chi connectivity index (χ2n) is 7.67. The van der Waals surface area contributed by atoms with Gasteiger partial charge >= 0.3 is 0 Å². The Labute approximate surface area is 150 Å². The summed E-state index contributed by atoms with van der Waals surface area (Å²) in [6, 6.07) is 11.1. The number of aliphatic hydroxyl groups is 1. The fourth-order valence-electron chi connectivity index (χ4n) is 4.54. The number of aromatic nitrogens is 1. The molecule has 0 radical (unpaired) electrons. The molecular weight excluding hydrogens is 310 g/mol. The maximum atomic E-state index is 10.3. The second kappa shape index (κ2) is 7.40. The Kier molecular flexibility index (Phi) is 5.02. The van der Waals surface area contributed by atoms with Crippen molar-refractivity contribution in [2.45, 2.75) is 51.3 Å². The molecule has 25 heavy (non-hydrogen) atoms. The molecule has 1 aromatic heterocycles. The van der Waals surface area contributed by atoms with E-state index in [2.05, 4.69) is 52.0 Å². The highest BCUT2D eigenvalue weighted by Gasteiger charge is 2.30. The highest BCUT2D eigenvalue weighted by Crippen LogP contribution is 2.25. The average Bonchev–Trinajstić information content (AvgIpc) is 2.63. The van der Waals surface area contributed by atoms with Gasteiger partial charge in [-0.3, -0.25) is 14.8 Å². The molecule has 2 aromatic rings. The zero-order chi connectivity index (χ0) is 17.2. The molecule has 134 valence electrons. The molecule has 1 aromatic carbocycles. The summed E-state index contributed by atoms with van der Waals surface area (Å²) in [4.78, 5) is 9.73. The molecule has 0 amide bonds. The summed E-state index contributed by atoms with van der Waals surface area (Å²) in [5.41, 5.74) is 3.58. The number of para-hydroxylation sites is 1. The van der Waals surface area contributed by atoms with Crippen molar-refractivity contribution >= 4 is 10.9 Å². The minimum Gasteiger partial charge on any atom is -0.391 e. The fraction of sp³-hybridized carbons (Fsp3) is 0.571. The van der Waals surface area contributed by atoms with Gasteiger partial charge in [-0.05, 0) is 37.5 Å². The quantitative estimate of drug-likeness (QED) is 0.933. The molecule has 1 saturated heterocycles. The van der Waals surface area contributed by atoms with E-state index in [1.165, 1.54) is 23.8 Å². The number of hydrogen-bond donors (Lipinski definition) is 1. The van der Waals surface area contributed by atoms with Gasteiger partial charge in [0.15, 0.2) is 0 Å². The number of piperazine rings is 1. The molecule has 1 saturated carbocycles. The summed E-state index contributed by atoms with van der Waals surface area (Å²) >= 11 is 0. The van der Waals surface area contributed by atoms with Crippen LogP contribution in [0.5, 0.6) is 0 Å². The van der Waals surface area contributed by atoms with Crippen molar-refractivity contribution in [3.05, 3.63) is 41.6 Å². The Morgan fingerprint density at radius 3 is 2.64 bits per heavy atom. The van der Waals surface area contributed by atoms with Gasteiger partial charge in [-0.2, -0.15) is 0 Å². The molecule has 4 nitrogen and oxygen atoms in total. The maximum Gasteiger partial charge on any atom is 0.0708 e. The van der Waals surface area contributed by atoms with Crippen molar-refractivity contribution in [3.8, 4) is 0 Å². The van der Waals surface area contributed by atoms with Crippen LogP contribution in [0, 0.1) is 6.92 Å². The number of benzene rings is 1. The number of nitrogens with zero attached hydrogens (tertiary/aromatic N) is 3. The third kappa shape index (κ3) is 3.71. The lowest BCUT2D eigenvalue weighted by atomic mass is 9.91. The van der Waals surface area contributed by atoms with Crippen molar-refractivity contribution in [1.82, 2.24) is 14.8 Å². The molecule has 4 heteroatoms. The van der Waals surface area contributed by atoms with E-state index in [-0.39, 0.29) is 6.10 Å². The van der Waals surface area contributed by atoms with Crippen LogP contribution in [0.3, 0.4) is 0 Å². The lowest BCUT2D eigenvalue weighted by Gasteiger charge is -2.42. The van der Waals surface area contributed by atoms with Crippen molar-refractivity contribution in [3.63, 3.8) is 0 Å². The first-order chi connectivity index (χ1) is 12.2. The molecule has 1 aliphatic carbocycles. The van der Waals surface area contributed by atoms with Crippen molar-refractivity contribution < 1.29 is 5.11 Å². The Morgan fingerprint density at radius 1 is 1.08 bits per heavy atom. The minimum absolute atomic E-state index is 0.118. The van der Waals surface area contributed by atoms with E-state index in [0.29, 0.717) is 6.04 Å². The normalized spacial score (nSPS) is 26.2. The predicted octanol–water partition coefficient (Wildman–Crippen LogP) is 2.96. The van der Waals surface area contributed by atoms with Gasteiger partial charge in [-0.15, -0.1) is 0 Å². The van der Waals surface area contributed by atoms with Gasteiger partial charge in [0.25, 0.3) is 0 Å². The van der Waals surface area contributed by atoms with Crippen LogP contribution in [-0.4, -0.2) is 58.2 Å². The number of fused-ring (bicyclic) bond motifs is 1. The number of rotatable bonds is 3. The smallest absolute Gasteiger partial charge is 0.0708 e. The first kappa shape index (κ1) is 17.0. The monoisotopic (exact) mass is 339 g/mol. The number of pyridine rings is 1. The zero-order valence-electron chi connectivity index (χ0n) is 15.2. The lowest BCUT2D eigenvalue weighted by Crippen LogP contribution is -2.54. The molecule has 2 aliphatic rings. The van der Waals surface area contributed by atoms with E-state index >= 15 is 0 Å². The molecular formula is C21H29N3O. The number of aliphatic hydroxyl groups excluding tert-OH is 1. The topological polar surface area (TPSA) is 39.6 Å². The van der Waals surface area contributed by atoms with E-state index in [9.17, 15) is 5.11 Å². The second-order valence-corrected chi connectivity index (χ2v) is 7.67. The molecule has 1 N–H and O–H groups in total. The maximum absolute atomic E-state index is 10.3. The van der Waals surface area contributed by atoms with Crippen LogP contribution in [0.15, 0.2) is 30.3 Å². The Morgan fingerprint density at radius 2 is 1.84 bits per heavy atom. The molecule has 4 rings (SSSR count). The van der Waals surface area contributed by atoms with Crippen LogP contribution in [-0.2, 0) is 6.54 Å². The van der Waals surface area contributed by atoms with Gasteiger partial charge < -0.3 is 5.11 Å². The standard InChI is InChI=1S/C21H29N3O/c1-16-14-17(18-6-2-3-7-19(18)22-16)15-23-10-12-24(13-11-23)20-8-4-5-9-21(20)25/h2-3,6-7,14,20-21,25H,4-5,8-13,15H2,1H3/t20-,21-/m0/s1. The number of aryl methyl sites for hydroxylation is 1. The summed E-state index contributed by atoms with van der Waals surface area (Å²) in [5, 5.41) is 11.6. The van der Waals surface area contributed by atoms with Gasteiger partial charge in [0, 0.05) is 49.8 Å². The molecule has 2 fully saturated rings. The summed E-state index contributed by atoms with van der Waals surface area (Å²) in [7, 11) is 0. The van der Waals surface area contributed by atoms with Gasteiger partial charge in [-0.25, -0.2) is 0 Å². The van der Waals surface area contributed by atoms with Crippen LogP contribution in [0.2, 0.25) is 0 Å². The van der Waals surface area contributed by atoms with E-state index in [1.807, 2.05) is 0 Å². The molecule has 0 spiro atoms. The van der Waals surface area contributed by atoms with Gasteiger partial charge in [0.1, 0.15) is 0 Å². The summed E-state index contributed by atoms with van der Waals surface area (Å²) in [6.45, 7) is 7.38. The average molecular weight is 339 g/mol. The molecule has 0 bridgehead atoms. The van der Waals surface area contributed by atoms with Crippen LogP contribution < -0.4 is 0 Å². The predicted molar refractivity (Wildman–Crippen MR) is 102 cm³/mol. The first-order valence-corrected chi connectivity index (χ1v) is 9.70. The van der Waals surface area contributed by atoms with Gasteiger partial charge in [0.05, 0.1) is 11.6 Å². The first-order valence-electron chi connectivity index (χ1n) is 9.70. The highest BCUT2D eigenvalue weighted by molar-refractivity contribution is 5.82. The third-order valence-corrected chi connectivity index (χ3v) is 5.89. The molecule has 0 unspecified atom stereocenters. The fourth-order valence-corrected chi connectivity index (χ4v) is 4.54. The Bertz CT molecular complexity index is 724. The summed E-state index contributed by atoms with van der Waals surface area (Å²) < 4.78 is 0. The molecule has 2 atom stereocenters.